The van der Waals surface area contributed by atoms with Crippen LogP contribution in [-0.2, 0) is 10.0 Å². The van der Waals surface area contributed by atoms with E-state index in [0.717, 1.165) is 12.3 Å². The second-order valence-electron chi connectivity index (χ2n) is 3.66. The van der Waals surface area contributed by atoms with Crippen LogP contribution in [0, 0.1) is 5.95 Å². The summed E-state index contributed by atoms with van der Waals surface area (Å²) in [6.07, 6.45) is 1.10. The number of nitrogens with two attached hydrogens (primary N) is 1. The van der Waals surface area contributed by atoms with Gasteiger partial charge in [0.25, 0.3) is 10.0 Å². The maximum atomic E-state index is 12.6. The lowest BCUT2D eigenvalue weighted by Gasteiger charge is -2.08. The molecule has 0 aliphatic carbocycles. The molecule has 1 aromatic heterocycles. The molecular weight excluding hydrogens is 337 g/mol. The molecule has 0 saturated carbocycles. The van der Waals surface area contributed by atoms with Crippen molar-refractivity contribution in [1.82, 2.24) is 4.98 Å². The van der Waals surface area contributed by atoms with Gasteiger partial charge in [0, 0.05) is 10.2 Å². The molecule has 100 valence electrons. The topological polar surface area (TPSA) is 85.1 Å². The molecule has 5 nitrogen and oxygen atoms in total. The van der Waals surface area contributed by atoms with Crippen LogP contribution in [0.3, 0.4) is 0 Å². The largest absolute Gasteiger partial charge is 0.398 e. The third-order valence-electron chi connectivity index (χ3n) is 2.26. The monoisotopic (exact) mass is 345 g/mol. The molecule has 19 heavy (non-hydrogen) atoms. The van der Waals surface area contributed by atoms with E-state index in [1.165, 1.54) is 24.3 Å². The maximum Gasteiger partial charge on any atom is 0.261 e. The van der Waals surface area contributed by atoms with Crippen LogP contribution < -0.4 is 10.5 Å². The Morgan fingerprint density at radius 2 is 2.00 bits per heavy atom. The van der Waals surface area contributed by atoms with Crippen molar-refractivity contribution in [1.29, 1.82) is 0 Å². The zero-order valence-electron chi connectivity index (χ0n) is 9.47. The summed E-state index contributed by atoms with van der Waals surface area (Å²) in [5.41, 5.74) is 6.20. The van der Waals surface area contributed by atoms with Crippen LogP contribution in [0.5, 0.6) is 0 Å². The van der Waals surface area contributed by atoms with Gasteiger partial charge in [0.2, 0.25) is 5.95 Å². The molecule has 3 N–H and O–H groups in total. The van der Waals surface area contributed by atoms with Crippen LogP contribution in [0.2, 0.25) is 0 Å². The Labute approximate surface area is 117 Å². The molecule has 0 spiro atoms. The number of hydrogen-bond acceptors (Lipinski definition) is 4. The average Bonchev–Trinajstić information content (AvgIpc) is 2.35. The van der Waals surface area contributed by atoms with Gasteiger partial charge >= 0.3 is 0 Å². The minimum Gasteiger partial charge on any atom is -0.398 e. The van der Waals surface area contributed by atoms with E-state index in [-0.39, 0.29) is 10.6 Å². The van der Waals surface area contributed by atoms with Crippen molar-refractivity contribution in [3.05, 3.63) is 46.9 Å². The second kappa shape index (κ2) is 5.14. The van der Waals surface area contributed by atoms with Crippen molar-refractivity contribution < 1.29 is 12.8 Å². The Morgan fingerprint density at radius 3 is 2.58 bits per heavy atom. The van der Waals surface area contributed by atoms with Gasteiger partial charge in [0.05, 0.1) is 16.8 Å². The number of halogens is 2. The molecule has 8 heteroatoms. The summed E-state index contributed by atoms with van der Waals surface area (Å²) in [6.45, 7) is 0. The summed E-state index contributed by atoms with van der Waals surface area (Å²) in [5, 5.41) is 0. The van der Waals surface area contributed by atoms with E-state index in [2.05, 4.69) is 25.6 Å². The van der Waals surface area contributed by atoms with Crippen molar-refractivity contribution in [3.63, 3.8) is 0 Å². The fraction of sp³-hybridized carbons (Fsp3) is 0. The van der Waals surface area contributed by atoms with Crippen molar-refractivity contribution >= 4 is 37.3 Å². The van der Waals surface area contributed by atoms with Gasteiger partial charge in [0.1, 0.15) is 0 Å². The van der Waals surface area contributed by atoms with Gasteiger partial charge in [-0.25, -0.2) is 13.4 Å². The number of sulfonamides is 1. The van der Waals surface area contributed by atoms with Gasteiger partial charge in [-0.2, -0.15) is 4.39 Å². The molecule has 0 amide bonds. The number of nitrogens with one attached hydrogen (secondary N) is 1. The molecule has 0 radical (unpaired) electrons. The van der Waals surface area contributed by atoms with Crippen LogP contribution in [0.15, 0.2) is 45.9 Å². The summed E-state index contributed by atoms with van der Waals surface area (Å²) >= 11 is 3.15. The van der Waals surface area contributed by atoms with E-state index in [1.807, 2.05) is 0 Å². The predicted molar refractivity (Wildman–Crippen MR) is 73.6 cm³/mol. The van der Waals surface area contributed by atoms with E-state index in [4.69, 9.17) is 5.73 Å². The van der Waals surface area contributed by atoms with Gasteiger partial charge in [-0.05, 0) is 46.3 Å². The van der Waals surface area contributed by atoms with Crippen LogP contribution >= 0.6 is 15.9 Å². The number of hydrogen-bond donors (Lipinski definition) is 2. The van der Waals surface area contributed by atoms with Crippen molar-refractivity contribution in [3.8, 4) is 0 Å². The van der Waals surface area contributed by atoms with Gasteiger partial charge < -0.3 is 5.73 Å². The molecule has 0 unspecified atom stereocenters. The first-order valence-corrected chi connectivity index (χ1v) is 7.35. The highest BCUT2D eigenvalue weighted by Gasteiger charge is 2.15. The highest BCUT2D eigenvalue weighted by Crippen LogP contribution is 2.24. The summed E-state index contributed by atoms with van der Waals surface area (Å²) < 4.78 is 39.5. The number of anilines is 2. The van der Waals surface area contributed by atoms with Crippen molar-refractivity contribution in [2.24, 2.45) is 0 Å². The third kappa shape index (κ3) is 3.21. The van der Waals surface area contributed by atoms with Crippen LogP contribution in [0.1, 0.15) is 0 Å². The summed E-state index contributed by atoms with van der Waals surface area (Å²) in [4.78, 5) is 3.41. The zero-order chi connectivity index (χ0) is 14.0. The number of nitrogen functional groups attached to an aromatic ring is 1. The Morgan fingerprint density at radius 1 is 1.26 bits per heavy atom. The Kier molecular flexibility index (Phi) is 3.72. The SMILES string of the molecule is Nc1ccc(S(=O)(=O)Nc2ccc(F)nc2)cc1Br. The Balaban J connectivity index is 2.32. The lowest BCUT2D eigenvalue weighted by atomic mass is 10.3. The molecule has 2 rings (SSSR count). The smallest absolute Gasteiger partial charge is 0.261 e. The minimum absolute atomic E-state index is 0.0397. The predicted octanol–water partition coefficient (Wildman–Crippen LogP) is 2.37. The van der Waals surface area contributed by atoms with Crippen LogP contribution in [-0.4, -0.2) is 13.4 Å². The fourth-order valence-electron chi connectivity index (χ4n) is 1.33. The molecule has 0 aliphatic rings. The quantitative estimate of drug-likeness (QED) is 0.660. The lowest BCUT2D eigenvalue weighted by molar-refractivity contribution is 0.583. The Hall–Kier alpha value is -1.67. The van der Waals surface area contributed by atoms with Gasteiger partial charge in [0.15, 0.2) is 0 Å². The van der Waals surface area contributed by atoms with E-state index in [0.29, 0.717) is 10.2 Å². The van der Waals surface area contributed by atoms with E-state index >= 15 is 0 Å². The first-order chi connectivity index (χ1) is 8.88. The highest BCUT2D eigenvalue weighted by molar-refractivity contribution is 9.10. The van der Waals surface area contributed by atoms with Crippen LogP contribution in [0.4, 0.5) is 15.8 Å². The second-order valence-corrected chi connectivity index (χ2v) is 6.20. The van der Waals surface area contributed by atoms with Gasteiger partial charge in [-0.15, -0.1) is 0 Å². The van der Waals surface area contributed by atoms with Crippen molar-refractivity contribution in [2.75, 3.05) is 10.5 Å². The molecule has 0 saturated heterocycles. The molecular formula is C11H9BrFN3O2S. The van der Waals surface area contributed by atoms with Crippen LogP contribution in [0.25, 0.3) is 0 Å². The summed E-state index contributed by atoms with van der Waals surface area (Å²) in [7, 11) is -3.76. The number of pyridine rings is 1. The fourth-order valence-corrected chi connectivity index (χ4v) is 2.92. The summed E-state index contributed by atoms with van der Waals surface area (Å²) in [6, 6.07) is 6.58. The normalized spacial score (nSPS) is 11.3. The van der Waals surface area contributed by atoms with E-state index < -0.39 is 16.0 Å². The average molecular weight is 346 g/mol. The van der Waals surface area contributed by atoms with Crippen molar-refractivity contribution in [2.45, 2.75) is 4.90 Å². The minimum atomic E-state index is -3.76. The third-order valence-corrected chi connectivity index (χ3v) is 4.33. The van der Waals surface area contributed by atoms with Gasteiger partial charge in [-0.3, -0.25) is 4.72 Å². The molecule has 0 fully saturated rings. The van der Waals surface area contributed by atoms with Gasteiger partial charge in [-0.1, -0.05) is 0 Å². The standard InChI is InChI=1S/C11H9BrFN3O2S/c12-9-5-8(2-3-10(9)14)19(17,18)16-7-1-4-11(13)15-6-7/h1-6,16H,14H2. The number of benzene rings is 1. The molecule has 2 aromatic rings. The molecule has 0 atom stereocenters. The summed E-state index contributed by atoms with van der Waals surface area (Å²) in [5.74, 6) is -0.682. The first-order valence-electron chi connectivity index (χ1n) is 5.08. The van der Waals surface area contributed by atoms with E-state index in [9.17, 15) is 12.8 Å². The zero-order valence-corrected chi connectivity index (χ0v) is 11.9. The number of aromatic nitrogens is 1. The molecule has 0 bridgehead atoms. The first kappa shape index (κ1) is 13.8. The number of rotatable bonds is 3. The lowest BCUT2D eigenvalue weighted by Crippen LogP contribution is -2.13. The molecule has 1 aromatic carbocycles. The maximum absolute atomic E-state index is 12.6. The van der Waals surface area contributed by atoms with E-state index in [1.54, 1.807) is 0 Å². The molecule has 1 heterocycles. The highest BCUT2D eigenvalue weighted by atomic mass is 79.9. The molecule has 0 aliphatic heterocycles. The Bertz CT molecular complexity index is 704. The number of nitrogens with zero attached hydrogens (tertiary/aromatic N) is 1.